The van der Waals surface area contributed by atoms with Crippen LogP contribution < -0.4 is 0 Å². The molecule has 0 spiro atoms. The number of hydrogen-bond donors (Lipinski definition) is 1. The molecule has 0 aliphatic carbocycles. The lowest BCUT2D eigenvalue weighted by Crippen LogP contribution is -2.31. The van der Waals surface area contributed by atoms with Crippen LogP contribution in [0.3, 0.4) is 0 Å². The summed E-state index contributed by atoms with van der Waals surface area (Å²) in [6.07, 6.45) is -0.515. The molecule has 1 unspecified atom stereocenters. The van der Waals surface area contributed by atoms with Crippen molar-refractivity contribution in [3.63, 3.8) is 0 Å². The largest absolute Gasteiger partial charge is 0.389 e. The summed E-state index contributed by atoms with van der Waals surface area (Å²) in [5.41, 5.74) is 2.00. The van der Waals surface area contributed by atoms with Gasteiger partial charge in [-0.05, 0) is 37.2 Å². The molecular formula is C13H20FNO2. The highest BCUT2D eigenvalue weighted by Gasteiger charge is 2.09. The van der Waals surface area contributed by atoms with Crippen molar-refractivity contribution in [2.24, 2.45) is 0 Å². The van der Waals surface area contributed by atoms with Crippen molar-refractivity contribution in [1.82, 2.24) is 4.90 Å². The Balaban J connectivity index is 2.55. The number of ether oxygens (including phenoxy) is 1. The highest BCUT2D eigenvalue weighted by Crippen LogP contribution is 2.12. The molecule has 0 saturated carbocycles. The Kier molecular flexibility index (Phi) is 5.55. The molecule has 0 fully saturated rings. The minimum atomic E-state index is -0.515. The van der Waals surface area contributed by atoms with Gasteiger partial charge >= 0.3 is 0 Å². The van der Waals surface area contributed by atoms with E-state index in [0.717, 1.165) is 11.1 Å². The second-order valence-corrected chi connectivity index (χ2v) is 4.38. The van der Waals surface area contributed by atoms with Crippen LogP contribution in [-0.2, 0) is 11.3 Å². The van der Waals surface area contributed by atoms with E-state index in [-0.39, 0.29) is 5.82 Å². The van der Waals surface area contributed by atoms with Crippen molar-refractivity contribution < 1.29 is 14.2 Å². The van der Waals surface area contributed by atoms with Gasteiger partial charge in [0.15, 0.2) is 0 Å². The summed E-state index contributed by atoms with van der Waals surface area (Å²) >= 11 is 0. The zero-order valence-corrected chi connectivity index (χ0v) is 10.6. The van der Waals surface area contributed by atoms with Crippen LogP contribution in [-0.4, -0.2) is 43.4 Å². The average Bonchev–Trinajstić information content (AvgIpc) is 2.23. The number of aliphatic hydroxyl groups is 1. The maximum absolute atomic E-state index is 13.1. The fraction of sp³-hybridized carbons (Fsp3) is 0.538. The van der Waals surface area contributed by atoms with Gasteiger partial charge in [-0.25, -0.2) is 4.39 Å². The molecule has 1 aromatic carbocycles. The predicted octanol–water partition coefficient (Wildman–Crippen LogP) is 1.57. The first kappa shape index (κ1) is 14.1. The Morgan fingerprint density at radius 2 is 2.18 bits per heavy atom. The third-order valence-electron chi connectivity index (χ3n) is 2.63. The number of halogens is 1. The highest BCUT2D eigenvalue weighted by atomic mass is 19.1. The summed E-state index contributed by atoms with van der Waals surface area (Å²) in [4.78, 5) is 1.95. The second-order valence-electron chi connectivity index (χ2n) is 4.38. The van der Waals surface area contributed by atoms with E-state index in [4.69, 9.17) is 4.74 Å². The van der Waals surface area contributed by atoms with Gasteiger partial charge in [-0.3, -0.25) is 4.90 Å². The molecule has 1 rings (SSSR count). The summed E-state index contributed by atoms with van der Waals surface area (Å²) in [7, 11) is 3.45. The number of methoxy groups -OCH3 is 1. The first-order valence-corrected chi connectivity index (χ1v) is 5.63. The number of nitrogens with zero attached hydrogens (tertiary/aromatic N) is 1. The lowest BCUT2D eigenvalue weighted by atomic mass is 10.1. The van der Waals surface area contributed by atoms with Gasteiger partial charge in [-0.15, -0.1) is 0 Å². The maximum Gasteiger partial charge on any atom is 0.123 e. The zero-order valence-electron chi connectivity index (χ0n) is 10.6. The summed E-state index contributed by atoms with van der Waals surface area (Å²) < 4.78 is 18.0. The molecule has 1 aromatic rings. The Morgan fingerprint density at radius 3 is 2.82 bits per heavy atom. The van der Waals surface area contributed by atoms with E-state index in [1.807, 2.05) is 18.9 Å². The van der Waals surface area contributed by atoms with Gasteiger partial charge in [-0.2, -0.15) is 0 Å². The third-order valence-corrected chi connectivity index (χ3v) is 2.63. The quantitative estimate of drug-likeness (QED) is 0.820. The van der Waals surface area contributed by atoms with Gasteiger partial charge in [0.2, 0.25) is 0 Å². The molecule has 0 heterocycles. The standard InChI is InChI=1S/C13H20FNO2/c1-10-4-5-12(14)6-11(10)7-15(2)8-13(16)9-17-3/h4-6,13,16H,7-9H2,1-3H3. The highest BCUT2D eigenvalue weighted by molar-refractivity contribution is 5.26. The normalized spacial score (nSPS) is 13.1. The number of benzene rings is 1. The van der Waals surface area contributed by atoms with E-state index < -0.39 is 6.10 Å². The van der Waals surface area contributed by atoms with Crippen molar-refractivity contribution in [3.05, 3.63) is 35.1 Å². The smallest absolute Gasteiger partial charge is 0.123 e. The van der Waals surface area contributed by atoms with Crippen LogP contribution in [0.25, 0.3) is 0 Å². The van der Waals surface area contributed by atoms with Crippen LogP contribution in [0.1, 0.15) is 11.1 Å². The molecular weight excluding hydrogens is 221 g/mol. The van der Waals surface area contributed by atoms with Gasteiger partial charge < -0.3 is 9.84 Å². The van der Waals surface area contributed by atoms with E-state index in [1.165, 1.54) is 12.1 Å². The molecule has 0 aliphatic heterocycles. The van der Waals surface area contributed by atoms with Crippen LogP contribution in [0.4, 0.5) is 4.39 Å². The van der Waals surface area contributed by atoms with Crippen LogP contribution in [0.2, 0.25) is 0 Å². The van der Waals surface area contributed by atoms with Gasteiger partial charge in [-0.1, -0.05) is 6.07 Å². The Bertz CT molecular complexity index is 357. The summed E-state index contributed by atoms with van der Waals surface area (Å²) in [6.45, 7) is 3.38. The van der Waals surface area contributed by atoms with Crippen LogP contribution in [0.15, 0.2) is 18.2 Å². The Hall–Kier alpha value is -0.970. The average molecular weight is 241 g/mol. The minimum Gasteiger partial charge on any atom is -0.389 e. The number of rotatable bonds is 6. The summed E-state index contributed by atoms with van der Waals surface area (Å²) in [5, 5.41) is 9.58. The first-order valence-electron chi connectivity index (χ1n) is 5.63. The number of hydrogen-bond acceptors (Lipinski definition) is 3. The molecule has 17 heavy (non-hydrogen) atoms. The lowest BCUT2D eigenvalue weighted by molar-refractivity contribution is 0.0418. The maximum atomic E-state index is 13.1. The monoisotopic (exact) mass is 241 g/mol. The molecule has 1 atom stereocenters. The molecule has 96 valence electrons. The molecule has 1 N–H and O–H groups in total. The van der Waals surface area contributed by atoms with Crippen LogP contribution in [0.5, 0.6) is 0 Å². The first-order chi connectivity index (χ1) is 8.02. The van der Waals surface area contributed by atoms with Crippen molar-refractivity contribution in [2.45, 2.75) is 19.6 Å². The topological polar surface area (TPSA) is 32.7 Å². The summed E-state index contributed by atoms with van der Waals surface area (Å²) in [5.74, 6) is -0.226. The van der Waals surface area contributed by atoms with E-state index in [1.54, 1.807) is 13.2 Å². The Morgan fingerprint density at radius 1 is 1.47 bits per heavy atom. The van der Waals surface area contributed by atoms with Gasteiger partial charge in [0, 0.05) is 20.2 Å². The molecule has 0 saturated heterocycles. The van der Waals surface area contributed by atoms with E-state index in [0.29, 0.717) is 19.7 Å². The van der Waals surface area contributed by atoms with E-state index >= 15 is 0 Å². The number of aliphatic hydroxyl groups excluding tert-OH is 1. The lowest BCUT2D eigenvalue weighted by Gasteiger charge is -2.21. The zero-order chi connectivity index (χ0) is 12.8. The molecule has 0 aromatic heterocycles. The van der Waals surface area contributed by atoms with Gasteiger partial charge in [0.05, 0.1) is 12.7 Å². The molecule has 4 heteroatoms. The fourth-order valence-electron chi connectivity index (χ4n) is 1.77. The van der Waals surface area contributed by atoms with Crippen LogP contribution >= 0.6 is 0 Å². The number of likely N-dealkylation sites (N-methyl/N-ethyl adjacent to an activating group) is 1. The fourth-order valence-corrected chi connectivity index (χ4v) is 1.77. The molecule has 0 bridgehead atoms. The molecule has 3 nitrogen and oxygen atoms in total. The van der Waals surface area contributed by atoms with Crippen molar-refractivity contribution in [3.8, 4) is 0 Å². The van der Waals surface area contributed by atoms with Crippen molar-refractivity contribution >= 4 is 0 Å². The predicted molar refractivity (Wildman–Crippen MR) is 65.4 cm³/mol. The Labute approximate surface area is 102 Å². The molecule has 0 aliphatic rings. The second kappa shape index (κ2) is 6.69. The number of aryl methyl sites for hydroxylation is 1. The SMILES string of the molecule is COCC(O)CN(C)Cc1cc(F)ccc1C. The summed E-state index contributed by atoms with van der Waals surface area (Å²) in [6, 6.07) is 4.76. The van der Waals surface area contributed by atoms with Crippen molar-refractivity contribution in [1.29, 1.82) is 0 Å². The van der Waals surface area contributed by atoms with Crippen molar-refractivity contribution in [2.75, 3.05) is 27.3 Å². The van der Waals surface area contributed by atoms with Gasteiger partial charge in [0.1, 0.15) is 5.82 Å². The van der Waals surface area contributed by atoms with E-state index in [9.17, 15) is 9.50 Å². The molecule has 0 amide bonds. The van der Waals surface area contributed by atoms with Crippen LogP contribution in [0, 0.1) is 12.7 Å². The minimum absolute atomic E-state index is 0.226. The third kappa shape index (κ3) is 4.81. The molecule has 0 radical (unpaired) electrons. The van der Waals surface area contributed by atoms with E-state index in [2.05, 4.69) is 0 Å². The van der Waals surface area contributed by atoms with Gasteiger partial charge in [0.25, 0.3) is 0 Å².